The van der Waals surface area contributed by atoms with Crippen molar-refractivity contribution in [2.45, 2.75) is 20.3 Å². The maximum atomic E-state index is 12.1. The molecule has 19 heavy (non-hydrogen) atoms. The summed E-state index contributed by atoms with van der Waals surface area (Å²) in [6.45, 7) is 5.55. The lowest BCUT2D eigenvalue weighted by Gasteiger charge is -2.19. The fourth-order valence-corrected chi connectivity index (χ4v) is 2.49. The number of carbonyl (C=O) groups excluding carboxylic acids is 1. The lowest BCUT2D eigenvalue weighted by molar-refractivity contribution is -0.126. The third kappa shape index (κ3) is 5.33. The number of hydrogen-bond acceptors (Lipinski definition) is 2. The Hall–Kier alpha value is -0.870. The van der Waals surface area contributed by atoms with Gasteiger partial charge in [0, 0.05) is 17.6 Å². The third-order valence-corrected chi connectivity index (χ3v) is 3.99. The first-order valence-corrected chi connectivity index (χ1v) is 7.51. The Morgan fingerprint density at radius 2 is 2.00 bits per heavy atom. The lowest BCUT2D eigenvalue weighted by atomic mass is 9.95. The van der Waals surface area contributed by atoms with Crippen LogP contribution in [0.25, 0.3) is 0 Å². The van der Waals surface area contributed by atoms with Crippen molar-refractivity contribution in [3.05, 3.63) is 34.3 Å². The molecule has 0 radical (unpaired) electrons. The van der Waals surface area contributed by atoms with Gasteiger partial charge in [-0.2, -0.15) is 0 Å². The molecule has 106 valence electrons. The van der Waals surface area contributed by atoms with E-state index in [1.807, 2.05) is 25.2 Å². The van der Waals surface area contributed by atoms with Crippen molar-refractivity contribution < 1.29 is 4.79 Å². The highest BCUT2D eigenvalue weighted by Gasteiger charge is 2.20. The summed E-state index contributed by atoms with van der Waals surface area (Å²) in [6, 6.07) is 8.10. The molecule has 2 N–H and O–H groups in total. The van der Waals surface area contributed by atoms with E-state index in [1.54, 1.807) is 0 Å². The SMILES string of the molecule is CNCC(C(=O)NCCc1ccccc1Br)C(C)C. The molecule has 0 aliphatic rings. The highest BCUT2D eigenvalue weighted by atomic mass is 79.9. The predicted octanol–water partition coefficient (Wildman–Crippen LogP) is 2.60. The number of rotatable bonds is 7. The van der Waals surface area contributed by atoms with Crippen LogP contribution < -0.4 is 10.6 Å². The van der Waals surface area contributed by atoms with Gasteiger partial charge in [0.2, 0.25) is 5.91 Å². The van der Waals surface area contributed by atoms with Crippen molar-refractivity contribution in [3.63, 3.8) is 0 Å². The minimum absolute atomic E-state index is 0.0317. The van der Waals surface area contributed by atoms with Crippen molar-refractivity contribution in [3.8, 4) is 0 Å². The van der Waals surface area contributed by atoms with Gasteiger partial charge in [0.1, 0.15) is 0 Å². The highest BCUT2D eigenvalue weighted by Crippen LogP contribution is 2.16. The van der Waals surface area contributed by atoms with E-state index in [0.717, 1.165) is 17.4 Å². The Morgan fingerprint density at radius 3 is 2.58 bits per heavy atom. The van der Waals surface area contributed by atoms with Crippen LogP contribution in [-0.4, -0.2) is 26.0 Å². The van der Waals surface area contributed by atoms with Gasteiger partial charge in [-0.1, -0.05) is 48.0 Å². The van der Waals surface area contributed by atoms with E-state index in [9.17, 15) is 4.79 Å². The fourth-order valence-electron chi connectivity index (χ4n) is 2.00. The van der Waals surface area contributed by atoms with Crippen LogP contribution in [0.2, 0.25) is 0 Å². The Labute approximate surface area is 124 Å². The minimum atomic E-state index is 0.0317. The number of hydrogen-bond donors (Lipinski definition) is 2. The number of nitrogens with one attached hydrogen (secondary N) is 2. The van der Waals surface area contributed by atoms with Crippen LogP contribution in [0, 0.1) is 11.8 Å². The first-order valence-electron chi connectivity index (χ1n) is 6.72. The Bertz CT molecular complexity index is 407. The molecule has 1 amide bonds. The van der Waals surface area contributed by atoms with Crippen LogP contribution in [0.1, 0.15) is 19.4 Å². The van der Waals surface area contributed by atoms with E-state index in [-0.39, 0.29) is 11.8 Å². The van der Waals surface area contributed by atoms with Crippen molar-refractivity contribution in [2.75, 3.05) is 20.1 Å². The summed E-state index contributed by atoms with van der Waals surface area (Å²) in [6.07, 6.45) is 0.845. The summed E-state index contributed by atoms with van der Waals surface area (Å²) in [7, 11) is 1.88. The Balaban J connectivity index is 2.44. The molecule has 0 fully saturated rings. The molecule has 1 aromatic rings. The largest absolute Gasteiger partial charge is 0.355 e. The average Bonchev–Trinajstić information content (AvgIpc) is 2.37. The molecule has 0 bridgehead atoms. The van der Waals surface area contributed by atoms with Crippen molar-refractivity contribution in [2.24, 2.45) is 11.8 Å². The summed E-state index contributed by atoms with van der Waals surface area (Å²) in [4.78, 5) is 12.1. The molecule has 0 aromatic heterocycles. The van der Waals surface area contributed by atoms with Crippen molar-refractivity contribution >= 4 is 21.8 Å². The van der Waals surface area contributed by atoms with Gasteiger partial charge in [-0.15, -0.1) is 0 Å². The Morgan fingerprint density at radius 1 is 1.32 bits per heavy atom. The van der Waals surface area contributed by atoms with Gasteiger partial charge in [-0.05, 0) is 31.0 Å². The first kappa shape index (κ1) is 16.2. The monoisotopic (exact) mass is 326 g/mol. The molecule has 0 aliphatic carbocycles. The van der Waals surface area contributed by atoms with E-state index < -0.39 is 0 Å². The second kappa shape index (κ2) is 8.33. The summed E-state index contributed by atoms with van der Waals surface area (Å²) in [5.74, 6) is 0.511. The Kier molecular flexibility index (Phi) is 7.10. The fraction of sp³-hybridized carbons (Fsp3) is 0.533. The van der Waals surface area contributed by atoms with Crippen LogP contribution >= 0.6 is 15.9 Å². The molecule has 1 unspecified atom stereocenters. The molecule has 0 saturated carbocycles. The zero-order chi connectivity index (χ0) is 14.3. The highest BCUT2D eigenvalue weighted by molar-refractivity contribution is 9.10. The predicted molar refractivity (Wildman–Crippen MR) is 83.1 cm³/mol. The molecule has 3 nitrogen and oxygen atoms in total. The maximum Gasteiger partial charge on any atom is 0.224 e. The molecular weight excluding hydrogens is 304 g/mol. The lowest BCUT2D eigenvalue weighted by Crippen LogP contribution is -2.39. The molecule has 1 aromatic carbocycles. The molecule has 0 saturated heterocycles. The van der Waals surface area contributed by atoms with Gasteiger partial charge in [-0.25, -0.2) is 0 Å². The summed E-state index contributed by atoms with van der Waals surface area (Å²) in [5, 5.41) is 6.10. The minimum Gasteiger partial charge on any atom is -0.355 e. The number of halogens is 1. The van der Waals surface area contributed by atoms with Gasteiger partial charge in [-0.3, -0.25) is 4.79 Å². The van der Waals surface area contributed by atoms with Gasteiger partial charge in [0.15, 0.2) is 0 Å². The molecule has 1 atom stereocenters. The smallest absolute Gasteiger partial charge is 0.224 e. The molecule has 0 heterocycles. The van der Waals surface area contributed by atoms with E-state index in [0.29, 0.717) is 12.5 Å². The molecule has 0 aliphatic heterocycles. The maximum absolute atomic E-state index is 12.1. The zero-order valence-corrected chi connectivity index (χ0v) is 13.5. The van der Waals surface area contributed by atoms with Crippen molar-refractivity contribution in [1.29, 1.82) is 0 Å². The first-order chi connectivity index (χ1) is 9.06. The second-order valence-electron chi connectivity index (χ2n) is 5.04. The molecule has 1 rings (SSSR count). The average molecular weight is 327 g/mol. The third-order valence-electron chi connectivity index (χ3n) is 3.22. The van der Waals surface area contributed by atoms with Crippen LogP contribution in [0.5, 0.6) is 0 Å². The number of amides is 1. The molecule has 4 heteroatoms. The summed E-state index contributed by atoms with van der Waals surface area (Å²) >= 11 is 3.52. The van der Waals surface area contributed by atoms with Crippen LogP contribution in [-0.2, 0) is 11.2 Å². The van der Waals surface area contributed by atoms with Crippen LogP contribution in [0.4, 0.5) is 0 Å². The number of carbonyl (C=O) groups is 1. The molecular formula is C15H23BrN2O. The van der Waals surface area contributed by atoms with E-state index in [2.05, 4.69) is 46.5 Å². The van der Waals surface area contributed by atoms with Gasteiger partial charge < -0.3 is 10.6 Å². The van der Waals surface area contributed by atoms with Gasteiger partial charge in [0.05, 0.1) is 5.92 Å². The normalized spacial score (nSPS) is 12.5. The van der Waals surface area contributed by atoms with E-state index >= 15 is 0 Å². The van der Waals surface area contributed by atoms with E-state index in [4.69, 9.17) is 0 Å². The zero-order valence-electron chi connectivity index (χ0n) is 11.9. The summed E-state index contributed by atoms with van der Waals surface area (Å²) < 4.78 is 1.10. The quantitative estimate of drug-likeness (QED) is 0.808. The number of benzene rings is 1. The molecule has 0 spiro atoms. The standard InChI is InChI=1S/C15H23BrN2O/c1-11(2)13(10-17-3)15(19)18-9-8-12-6-4-5-7-14(12)16/h4-7,11,13,17H,8-10H2,1-3H3,(H,18,19). The second-order valence-corrected chi connectivity index (χ2v) is 5.89. The topological polar surface area (TPSA) is 41.1 Å². The van der Waals surface area contributed by atoms with Gasteiger partial charge >= 0.3 is 0 Å². The van der Waals surface area contributed by atoms with Crippen LogP contribution in [0.3, 0.4) is 0 Å². The van der Waals surface area contributed by atoms with Crippen LogP contribution in [0.15, 0.2) is 28.7 Å². The van der Waals surface area contributed by atoms with Gasteiger partial charge in [0.25, 0.3) is 0 Å². The van der Waals surface area contributed by atoms with E-state index in [1.165, 1.54) is 5.56 Å². The summed E-state index contributed by atoms with van der Waals surface area (Å²) in [5.41, 5.74) is 1.22. The van der Waals surface area contributed by atoms with Crippen molar-refractivity contribution in [1.82, 2.24) is 10.6 Å².